The minimum atomic E-state index is -0.757. The normalized spacial score (nSPS) is 19.1. The largest absolute Gasteiger partial charge is 0.481 e. The number of rotatable bonds is 6. The molecule has 1 amide bonds. The number of ether oxygens (including phenoxy) is 1. The Hall–Kier alpha value is -4.39. The molecule has 0 saturated heterocycles. The summed E-state index contributed by atoms with van der Waals surface area (Å²) >= 11 is 0. The summed E-state index contributed by atoms with van der Waals surface area (Å²) < 4.78 is 11.6. The first kappa shape index (κ1) is 24.9. The summed E-state index contributed by atoms with van der Waals surface area (Å²) in [6, 6.07) is 23.6. The third kappa shape index (κ3) is 4.48. The SMILES string of the molecule is Cc1noc(-c2ccc(-c3ccc(C4(C(=O)O)CC4)cc3)cc2)c1NC(=O)OC1(C)CCCc2ccccc21. The number of carboxylic acid groups (broad SMARTS) is 1. The molecule has 198 valence electrons. The molecule has 7 heteroatoms. The van der Waals surface area contributed by atoms with Crippen LogP contribution in [0.2, 0.25) is 0 Å². The monoisotopic (exact) mass is 522 g/mol. The van der Waals surface area contributed by atoms with Crippen molar-refractivity contribution in [3.63, 3.8) is 0 Å². The number of fused-ring (bicyclic) bond motifs is 1. The number of aliphatic carboxylic acids is 1. The van der Waals surface area contributed by atoms with Crippen molar-refractivity contribution in [2.75, 3.05) is 5.32 Å². The molecule has 1 heterocycles. The minimum absolute atomic E-state index is 0.456. The van der Waals surface area contributed by atoms with Gasteiger partial charge in [-0.2, -0.15) is 0 Å². The molecule has 0 radical (unpaired) electrons. The predicted molar refractivity (Wildman–Crippen MR) is 147 cm³/mol. The molecule has 1 unspecified atom stereocenters. The van der Waals surface area contributed by atoms with Gasteiger partial charge in [0.25, 0.3) is 0 Å². The lowest BCUT2D eigenvalue weighted by atomic mass is 9.80. The van der Waals surface area contributed by atoms with Crippen molar-refractivity contribution >= 4 is 17.7 Å². The van der Waals surface area contributed by atoms with Gasteiger partial charge in [0.1, 0.15) is 17.0 Å². The first-order valence-electron chi connectivity index (χ1n) is 13.3. The molecule has 0 aliphatic heterocycles. The molecule has 7 nitrogen and oxygen atoms in total. The van der Waals surface area contributed by atoms with Gasteiger partial charge in [0.15, 0.2) is 5.76 Å². The Labute approximate surface area is 226 Å². The number of nitrogens with one attached hydrogen (secondary N) is 1. The maximum absolute atomic E-state index is 13.1. The van der Waals surface area contributed by atoms with Crippen LogP contribution < -0.4 is 5.32 Å². The molecule has 0 bridgehead atoms. The zero-order chi connectivity index (χ0) is 27.2. The lowest BCUT2D eigenvalue weighted by Crippen LogP contribution is -2.34. The summed E-state index contributed by atoms with van der Waals surface area (Å²) in [6.45, 7) is 3.74. The molecule has 1 aromatic heterocycles. The van der Waals surface area contributed by atoms with Crippen LogP contribution in [0.25, 0.3) is 22.5 Å². The van der Waals surface area contributed by atoms with E-state index >= 15 is 0 Å². The highest BCUT2D eigenvalue weighted by Gasteiger charge is 2.51. The molecule has 1 atom stereocenters. The fourth-order valence-corrected chi connectivity index (χ4v) is 5.70. The number of aromatic nitrogens is 1. The number of hydrogen-bond donors (Lipinski definition) is 2. The van der Waals surface area contributed by atoms with Crippen LogP contribution in [0.1, 0.15) is 55.0 Å². The Morgan fingerprint density at radius 3 is 2.23 bits per heavy atom. The molecule has 39 heavy (non-hydrogen) atoms. The standard InChI is InChI=1S/C32H30N2O5/c1-20-27(33-30(37)38-31(2)17-5-7-23-6-3-4-8-26(23)31)28(39-34-20)24-11-9-21(10-12-24)22-13-15-25(16-14-22)32(18-19-32)29(35)36/h3-4,6,8-16H,5,7,17-19H2,1-2H3,(H,33,37)(H,35,36). The van der Waals surface area contributed by atoms with E-state index in [-0.39, 0.29) is 0 Å². The molecule has 3 aromatic carbocycles. The van der Waals surface area contributed by atoms with E-state index in [2.05, 4.69) is 16.5 Å². The average Bonchev–Trinajstić information content (AvgIpc) is 3.68. The highest BCUT2D eigenvalue weighted by Crippen LogP contribution is 2.48. The zero-order valence-corrected chi connectivity index (χ0v) is 22.0. The van der Waals surface area contributed by atoms with Crippen LogP contribution in [0, 0.1) is 6.92 Å². The zero-order valence-electron chi connectivity index (χ0n) is 22.0. The smallest absolute Gasteiger partial charge is 0.412 e. The van der Waals surface area contributed by atoms with Gasteiger partial charge in [-0.15, -0.1) is 0 Å². The second kappa shape index (κ2) is 9.42. The number of benzene rings is 3. The van der Waals surface area contributed by atoms with E-state index in [9.17, 15) is 14.7 Å². The average molecular weight is 523 g/mol. The summed E-state index contributed by atoms with van der Waals surface area (Å²) in [5.74, 6) is -0.300. The number of hydrogen-bond acceptors (Lipinski definition) is 5. The maximum Gasteiger partial charge on any atom is 0.412 e. The number of anilines is 1. The summed E-state index contributed by atoms with van der Waals surface area (Å²) in [4.78, 5) is 24.7. The van der Waals surface area contributed by atoms with Gasteiger partial charge in [0.2, 0.25) is 0 Å². The number of amides is 1. The molecule has 6 rings (SSSR count). The molecule has 1 fully saturated rings. The van der Waals surface area contributed by atoms with E-state index in [1.54, 1.807) is 6.92 Å². The van der Waals surface area contributed by atoms with Crippen molar-refractivity contribution < 1.29 is 24.0 Å². The fraction of sp³-hybridized carbons (Fsp3) is 0.281. The van der Waals surface area contributed by atoms with Gasteiger partial charge in [-0.1, -0.05) is 78.0 Å². The third-order valence-electron chi connectivity index (χ3n) is 8.17. The Balaban J connectivity index is 1.19. The number of carbonyl (C=O) groups is 2. The van der Waals surface area contributed by atoms with Gasteiger partial charge in [-0.05, 0) is 73.8 Å². The van der Waals surface area contributed by atoms with Gasteiger partial charge >= 0.3 is 12.1 Å². The van der Waals surface area contributed by atoms with Gasteiger partial charge in [-0.3, -0.25) is 10.1 Å². The Bertz CT molecular complexity index is 1550. The number of carbonyl (C=O) groups excluding carboxylic acids is 1. The summed E-state index contributed by atoms with van der Waals surface area (Å²) in [5.41, 5.74) is 5.47. The minimum Gasteiger partial charge on any atom is -0.481 e. The van der Waals surface area contributed by atoms with Gasteiger partial charge in [0, 0.05) is 5.56 Å². The quantitative estimate of drug-likeness (QED) is 0.277. The van der Waals surface area contributed by atoms with Crippen LogP contribution in [0.3, 0.4) is 0 Å². The molecule has 2 aliphatic carbocycles. The van der Waals surface area contributed by atoms with E-state index in [1.807, 2.05) is 73.7 Å². The maximum atomic E-state index is 13.1. The lowest BCUT2D eigenvalue weighted by molar-refractivity contribution is -0.140. The molecule has 4 aromatic rings. The third-order valence-corrected chi connectivity index (χ3v) is 8.17. The van der Waals surface area contributed by atoms with E-state index in [1.165, 1.54) is 5.56 Å². The van der Waals surface area contributed by atoms with E-state index < -0.39 is 23.1 Å². The van der Waals surface area contributed by atoms with E-state index in [0.717, 1.165) is 47.1 Å². The molecular formula is C32H30N2O5. The van der Waals surface area contributed by atoms with Crippen molar-refractivity contribution in [1.29, 1.82) is 0 Å². The first-order chi connectivity index (χ1) is 18.8. The Kier molecular flexibility index (Phi) is 6.02. The van der Waals surface area contributed by atoms with Gasteiger partial charge in [0.05, 0.1) is 5.41 Å². The van der Waals surface area contributed by atoms with E-state index in [4.69, 9.17) is 9.26 Å². The highest BCUT2D eigenvalue weighted by molar-refractivity contribution is 5.91. The second-order valence-electron chi connectivity index (χ2n) is 10.8. The van der Waals surface area contributed by atoms with E-state index in [0.29, 0.717) is 30.0 Å². The van der Waals surface area contributed by atoms with Crippen molar-refractivity contribution in [3.05, 3.63) is 95.2 Å². The van der Waals surface area contributed by atoms with Crippen LogP contribution in [0.5, 0.6) is 0 Å². The van der Waals surface area contributed by atoms with Crippen LogP contribution in [0.4, 0.5) is 10.5 Å². The fourth-order valence-electron chi connectivity index (χ4n) is 5.70. The topological polar surface area (TPSA) is 102 Å². The Morgan fingerprint density at radius 2 is 1.56 bits per heavy atom. The van der Waals surface area contributed by atoms with Crippen LogP contribution in [-0.4, -0.2) is 22.3 Å². The molecule has 0 spiro atoms. The molecule has 2 N–H and O–H groups in total. The van der Waals surface area contributed by atoms with Crippen LogP contribution in [0.15, 0.2) is 77.3 Å². The van der Waals surface area contributed by atoms with Gasteiger partial charge in [-0.25, -0.2) is 4.79 Å². The van der Waals surface area contributed by atoms with Crippen molar-refractivity contribution in [1.82, 2.24) is 5.16 Å². The first-order valence-corrected chi connectivity index (χ1v) is 13.3. The van der Waals surface area contributed by atoms with Crippen molar-refractivity contribution in [2.24, 2.45) is 0 Å². The number of carboxylic acids is 1. The van der Waals surface area contributed by atoms with Crippen molar-refractivity contribution in [2.45, 2.75) is 57.0 Å². The summed E-state index contributed by atoms with van der Waals surface area (Å²) in [7, 11) is 0. The molecule has 2 aliphatic rings. The molecular weight excluding hydrogens is 492 g/mol. The van der Waals surface area contributed by atoms with Crippen LogP contribution >= 0.6 is 0 Å². The predicted octanol–water partition coefficient (Wildman–Crippen LogP) is 7.23. The summed E-state index contributed by atoms with van der Waals surface area (Å²) in [5, 5.41) is 16.5. The Morgan fingerprint density at radius 1 is 0.923 bits per heavy atom. The lowest BCUT2D eigenvalue weighted by Gasteiger charge is -2.35. The highest BCUT2D eigenvalue weighted by atomic mass is 16.6. The van der Waals surface area contributed by atoms with Gasteiger partial charge < -0.3 is 14.4 Å². The number of nitrogens with zero attached hydrogens (tertiary/aromatic N) is 1. The number of aryl methyl sites for hydroxylation is 2. The van der Waals surface area contributed by atoms with Crippen molar-refractivity contribution in [3.8, 4) is 22.5 Å². The second-order valence-corrected chi connectivity index (χ2v) is 10.8. The summed E-state index contributed by atoms with van der Waals surface area (Å²) in [6.07, 6.45) is 3.51. The molecule has 1 saturated carbocycles. The van der Waals surface area contributed by atoms with Crippen LogP contribution in [-0.2, 0) is 27.0 Å².